The summed E-state index contributed by atoms with van der Waals surface area (Å²) in [6.45, 7) is 2.00. The third-order valence-corrected chi connectivity index (χ3v) is 2.57. The molecule has 0 aliphatic carbocycles. The molecular weight excluding hydrogens is 185 g/mol. The fraction of sp³-hybridized carbons (Fsp3) is 0.250. The predicted octanol–water partition coefficient (Wildman–Crippen LogP) is 0.0606. The molecule has 0 saturated heterocycles. The van der Waals surface area contributed by atoms with E-state index < -0.39 is 7.12 Å². The fourth-order valence-corrected chi connectivity index (χ4v) is 1.92. The lowest BCUT2D eigenvalue weighted by Gasteiger charge is -2.07. The Morgan fingerprint density at radius 1 is 1.46 bits per heavy atom. The van der Waals surface area contributed by atoms with E-state index in [1.807, 2.05) is 6.92 Å². The van der Waals surface area contributed by atoms with Crippen LogP contribution in [0.25, 0.3) is 0 Å². The molecule has 0 atom stereocenters. The second-order valence-electron chi connectivity index (χ2n) is 2.60. The van der Waals surface area contributed by atoms with E-state index in [1.165, 1.54) is 0 Å². The van der Waals surface area contributed by atoms with Crippen molar-refractivity contribution in [3.8, 4) is 0 Å². The molecule has 1 aromatic rings. The minimum absolute atomic E-state index is 0.515. The van der Waals surface area contributed by atoms with Crippen LogP contribution in [0.3, 0.4) is 0 Å². The standard InChI is InChI=1S/C8H12BNO2S/c1-2-13-8-5-6(10)3-4-7(8)9(11)12/h3-5,11-12H,2,10H2,1H3. The molecule has 0 aromatic heterocycles. The molecule has 0 radical (unpaired) electrons. The molecule has 0 spiro atoms. The average molecular weight is 197 g/mol. The normalized spacial score (nSPS) is 10.1. The maximum absolute atomic E-state index is 9.02. The van der Waals surface area contributed by atoms with Crippen molar-refractivity contribution in [1.82, 2.24) is 0 Å². The highest BCUT2D eigenvalue weighted by molar-refractivity contribution is 7.99. The van der Waals surface area contributed by atoms with Crippen LogP contribution in [0.15, 0.2) is 23.1 Å². The van der Waals surface area contributed by atoms with Crippen molar-refractivity contribution in [3.05, 3.63) is 18.2 Å². The lowest BCUT2D eigenvalue weighted by Crippen LogP contribution is -2.31. The van der Waals surface area contributed by atoms with E-state index in [4.69, 9.17) is 15.8 Å². The second kappa shape index (κ2) is 4.55. The van der Waals surface area contributed by atoms with Crippen LogP contribution in [-0.4, -0.2) is 22.9 Å². The van der Waals surface area contributed by atoms with Crippen LogP contribution >= 0.6 is 11.8 Å². The third kappa shape index (κ3) is 2.65. The summed E-state index contributed by atoms with van der Waals surface area (Å²) in [6, 6.07) is 5.05. The Balaban J connectivity index is 3.03. The van der Waals surface area contributed by atoms with Gasteiger partial charge >= 0.3 is 7.12 Å². The van der Waals surface area contributed by atoms with E-state index in [9.17, 15) is 0 Å². The molecule has 4 N–H and O–H groups in total. The zero-order chi connectivity index (χ0) is 9.84. The zero-order valence-corrected chi connectivity index (χ0v) is 8.21. The quantitative estimate of drug-likeness (QED) is 0.364. The molecule has 0 aliphatic heterocycles. The molecule has 0 heterocycles. The van der Waals surface area contributed by atoms with Gasteiger partial charge in [0.2, 0.25) is 0 Å². The Morgan fingerprint density at radius 3 is 2.69 bits per heavy atom. The van der Waals surface area contributed by atoms with Gasteiger partial charge in [0.25, 0.3) is 0 Å². The number of hydrogen-bond acceptors (Lipinski definition) is 4. The van der Waals surface area contributed by atoms with Crippen LogP contribution < -0.4 is 11.2 Å². The van der Waals surface area contributed by atoms with Crippen LogP contribution in [0.1, 0.15) is 6.92 Å². The minimum Gasteiger partial charge on any atom is -0.423 e. The lowest BCUT2D eigenvalue weighted by molar-refractivity contribution is 0.425. The maximum Gasteiger partial charge on any atom is 0.489 e. The number of benzene rings is 1. The molecule has 0 amide bonds. The number of thioether (sulfide) groups is 1. The molecule has 3 nitrogen and oxygen atoms in total. The van der Waals surface area contributed by atoms with Gasteiger partial charge in [0.05, 0.1) is 0 Å². The Morgan fingerprint density at radius 2 is 2.15 bits per heavy atom. The monoisotopic (exact) mass is 197 g/mol. The van der Waals surface area contributed by atoms with Gasteiger partial charge in [0.1, 0.15) is 0 Å². The smallest absolute Gasteiger partial charge is 0.423 e. The summed E-state index contributed by atoms with van der Waals surface area (Å²) in [6.07, 6.45) is 0. The average Bonchev–Trinajstić information content (AvgIpc) is 2.04. The number of nitrogen functional groups attached to an aromatic ring is 1. The Kier molecular flexibility index (Phi) is 3.65. The lowest BCUT2D eigenvalue weighted by atomic mass is 9.80. The van der Waals surface area contributed by atoms with Gasteiger partial charge in [-0.3, -0.25) is 0 Å². The Bertz CT molecular complexity index is 293. The first kappa shape index (κ1) is 10.4. The van der Waals surface area contributed by atoms with E-state index in [1.54, 1.807) is 30.0 Å². The molecule has 0 aliphatic rings. The van der Waals surface area contributed by atoms with Gasteiger partial charge in [-0.1, -0.05) is 13.0 Å². The van der Waals surface area contributed by atoms with Crippen molar-refractivity contribution < 1.29 is 10.0 Å². The maximum atomic E-state index is 9.02. The van der Waals surface area contributed by atoms with E-state index in [2.05, 4.69) is 0 Å². The summed E-state index contributed by atoms with van der Waals surface area (Å²) in [4.78, 5) is 0.831. The van der Waals surface area contributed by atoms with Crippen molar-refractivity contribution in [1.29, 1.82) is 0 Å². The van der Waals surface area contributed by atoms with Crippen LogP contribution in [0.4, 0.5) is 5.69 Å². The molecule has 0 saturated carbocycles. The largest absolute Gasteiger partial charge is 0.489 e. The summed E-state index contributed by atoms with van der Waals surface area (Å²) in [7, 11) is -1.42. The van der Waals surface area contributed by atoms with Crippen molar-refractivity contribution in [2.75, 3.05) is 11.5 Å². The minimum atomic E-state index is -1.42. The Labute approximate surface area is 82.1 Å². The van der Waals surface area contributed by atoms with E-state index in [0.717, 1.165) is 10.6 Å². The first-order chi connectivity index (χ1) is 6.15. The first-order valence-electron chi connectivity index (χ1n) is 4.03. The Hall–Kier alpha value is -0.645. The molecule has 0 unspecified atom stereocenters. The highest BCUT2D eigenvalue weighted by atomic mass is 32.2. The molecule has 13 heavy (non-hydrogen) atoms. The van der Waals surface area contributed by atoms with Crippen molar-refractivity contribution in [3.63, 3.8) is 0 Å². The molecule has 0 fully saturated rings. The van der Waals surface area contributed by atoms with Gasteiger partial charge in [-0.2, -0.15) is 0 Å². The van der Waals surface area contributed by atoms with Gasteiger partial charge < -0.3 is 15.8 Å². The summed E-state index contributed by atoms with van der Waals surface area (Å²) in [5, 5.41) is 18.0. The van der Waals surface area contributed by atoms with Crippen LogP contribution in [-0.2, 0) is 0 Å². The molecule has 5 heteroatoms. The molecule has 1 aromatic carbocycles. The van der Waals surface area contributed by atoms with Crippen molar-refractivity contribution in [2.24, 2.45) is 0 Å². The summed E-state index contributed by atoms with van der Waals surface area (Å²) in [5.74, 6) is 0.878. The van der Waals surface area contributed by atoms with Crippen LogP contribution in [0.2, 0.25) is 0 Å². The van der Waals surface area contributed by atoms with Crippen molar-refractivity contribution in [2.45, 2.75) is 11.8 Å². The van der Waals surface area contributed by atoms with E-state index in [0.29, 0.717) is 11.2 Å². The summed E-state index contributed by atoms with van der Waals surface area (Å²) in [5.41, 5.74) is 6.74. The molecular formula is C8H12BNO2S. The highest BCUT2D eigenvalue weighted by Gasteiger charge is 2.15. The number of hydrogen-bond donors (Lipinski definition) is 3. The SMILES string of the molecule is CCSc1cc(N)ccc1B(O)O. The topological polar surface area (TPSA) is 66.5 Å². The molecule has 1 rings (SSSR count). The first-order valence-corrected chi connectivity index (χ1v) is 5.02. The van der Waals surface area contributed by atoms with Crippen molar-refractivity contribution >= 4 is 30.0 Å². The molecule has 70 valence electrons. The fourth-order valence-electron chi connectivity index (χ4n) is 1.04. The zero-order valence-electron chi connectivity index (χ0n) is 7.40. The summed E-state index contributed by atoms with van der Waals surface area (Å²) >= 11 is 1.54. The van der Waals surface area contributed by atoms with Crippen LogP contribution in [0.5, 0.6) is 0 Å². The van der Waals surface area contributed by atoms with Gasteiger partial charge in [-0.05, 0) is 23.3 Å². The van der Waals surface area contributed by atoms with E-state index >= 15 is 0 Å². The number of nitrogens with two attached hydrogens (primary N) is 1. The molecule has 0 bridgehead atoms. The van der Waals surface area contributed by atoms with Gasteiger partial charge in [-0.25, -0.2) is 0 Å². The second-order valence-corrected chi connectivity index (χ2v) is 3.91. The van der Waals surface area contributed by atoms with Gasteiger partial charge in [-0.15, -0.1) is 11.8 Å². The van der Waals surface area contributed by atoms with E-state index in [-0.39, 0.29) is 0 Å². The highest BCUT2D eigenvalue weighted by Crippen LogP contribution is 2.18. The van der Waals surface area contributed by atoms with Gasteiger partial charge in [0, 0.05) is 10.6 Å². The number of rotatable bonds is 3. The van der Waals surface area contributed by atoms with Crippen LogP contribution in [0, 0.1) is 0 Å². The summed E-state index contributed by atoms with van der Waals surface area (Å²) < 4.78 is 0. The third-order valence-electron chi connectivity index (χ3n) is 1.62. The number of anilines is 1. The van der Waals surface area contributed by atoms with Gasteiger partial charge in [0.15, 0.2) is 0 Å². The predicted molar refractivity (Wildman–Crippen MR) is 57.1 cm³/mol.